The monoisotopic (exact) mass is 388 g/mol. The average Bonchev–Trinajstić information content (AvgIpc) is 3.15. The number of hydrogen-bond donors (Lipinski definition) is 1. The minimum absolute atomic E-state index is 0.0170. The van der Waals surface area contributed by atoms with Crippen LogP contribution in [0.25, 0.3) is 0 Å². The molecule has 0 amide bonds. The van der Waals surface area contributed by atoms with Crippen LogP contribution in [0.2, 0.25) is 0 Å². The zero-order valence-corrected chi connectivity index (χ0v) is 15.1. The van der Waals surface area contributed by atoms with E-state index in [2.05, 4.69) is 9.82 Å². The maximum atomic E-state index is 12.7. The molecule has 0 aliphatic rings. The van der Waals surface area contributed by atoms with Crippen LogP contribution in [0.3, 0.4) is 0 Å². The molecule has 1 heterocycles. The number of aromatic nitrogens is 2. The zero-order chi connectivity index (χ0) is 19.4. The van der Waals surface area contributed by atoms with Crippen molar-refractivity contribution in [3.63, 3.8) is 0 Å². The fraction of sp³-hybridized carbons (Fsp3) is 0.118. The topological polar surface area (TPSA) is 116 Å². The average molecular weight is 388 g/mol. The maximum Gasteiger partial charge on any atom is 0.271 e. The van der Waals surface area contributed by atoms with Crippen LogP contribution < -0.4 is 9.46 Å². The minimum atomic E-state index is -4.07. The van der Waals surface area contributed by atoms with E-state index in [0.29, 0.717) is 12.2 Å². The number of nitro groups is 1. The number of hydrogen-bond acceptors (Lipinski definition) is 6. The van der Waals surface area contributed by atoms with Crippen LogP contribution in [0.15, 0.2) is 65.8 Å². The third kappa shape index (κ3) is 4.23. The molecule has 0 saturated heterocycles. The molecule has 0 fully saturated rings. The second kappa shape index (κ2) is 7.46. The lowest BCUT2D eigenvalue weighted by molar-refractivity contribution is -0.385. The number of methoxy groups -OCH3 is 1. The van der Waals surface area contributed by atoms with Gasteiger partial charge in [0, 0.05) is 30.2 Å². The molecule has 9 nitrogen and oxygen atoms in total. The summed E-state index contributed by atoms with van der Waals surface area (Å²) in [5.41, 5.74) is 0.924. The van der Waals surface area contributed by atoms with Crippen molar-refractivity contribution in [3.8, 4) is 5.75 Å². The Hall–Kier alpha value is -3.40. The molecule has 1 N–H and O–H groups in total. The van der Waals surface area contributed by atoms with Gasteiger partial charge in [-0.15, -0.1) is 0 Å². The van der Waals surface area contributed by atoms with Crippen molar-refractivity contribution in [2.24, 2.45) is 0 Å². The van der Waals surface area contributed by atoms with Crippen molar-refractivity contribution >= 4 is 21.4 Å². The quantitative estimate of drug-likeness (QED) is 0.491. The van der Waals surface area contributed by atoms with Crippen LogP contribution in [0.5, 0.6) is 5.75 Å². The van der Waals surface area contributed by atoms with Gasteiger partial charge in [-0.05, 0) is 29.8 Å². The van der Waals surface area contributed by atoms with Gasteiger partial charge in [0.05, 0.1) is 18.6 Å². The Morgan fingerprint density at radius 1 is 1.22 bits per heavy atom. The summed E-state index contributed by atoms with van der Waals surface area (Å²) in [6.45, 7) is 0.554. The maximum absolute atomic E-state index is 12.7. The Kier molecular flexibility index (Phi) is 5.08. The summed E-state index contributed by atoms with van der Waals surface area (Å²) in [7, 11) is -2.78. The highest BCUT2D eigenvalue weighted by Gasteiger charge is 2.23. The highest BCUT2D eigenvalue weighted by Crippen LogP contribution is 2.29. The Morgan fingerprint density at radius 3 is 2.56 bits per heavy atom. The van der Waals surface area contributed by atoms with E-state index in [-0.39, 0.29) is 16.3 Å². The molecule has 140 valence electrons. The third-order valence-electron chi connectivity index (χ3n) is 3.76. The lowest BCUT2D eigenvalue weighted by Crippen LogP contribution is -2.14. The van der Waals surface area contributed by atoms with Gasteiger partial charge in [-0.2, -0.15) is 5.10 Å². The number of ether oxygens (including phenoxy) is 1. The molecule has 0 radical (unpaired) electrons. The van der Waals surface area contributed by atoms with Gasteiger partial charge in [0.15, 0.2) is 0 Å². The van der Waals surface area contributed by atoms with E-state index in [1.54, 1.807) is 35.1 Å². The van der Waals surface area contributed by atoms with E-state index < -0.39 is 14.9 Å². The van der Waals surface area contributed by atoms with Crippen molar-refractivity contribution in [2.75, 3.05) is 11.8 Å². The molecular weight excluding hydrogens is 372 g/mol. The first-order valence-electron chi connectivity index (χ1n) is 7.80. The van der Waals surface area contributed by atoms with Crippen molar-refractivity contribution in [1.29, 1.82) is 0 Å². The van der Waals surface area contributed by atoms with Gasteiger partial charge >= 0.3 is 0 Å². The number of nitrogens with zero attached hydrogens (tertiary/aromatic N) is 3. The summed E-state index contributed by atoms with van der Waals surface area (Å²) in [6.07, 6.45) is 3.50. The van der Waals surface area contributed by atoms with E-state index in [9.17, 15) is 18.5 Å². The van der Waals surface area contributed by atoms with Crippen LogP contribution in [-0.4, -0.2) is 30.2 Å². The number of anilines is 1. The van der Waals surface area contributed by atoms with Crippen LogP contribution in [-0.2, 0) is 16.6 Å². The van der Waals surface area contributed by atoms with Gasteiger partial charge in [0.2, 0.25) is 0 Å². The first kappa shape index (κ1) is 18.4. The number of non-ortho nitro benzene ring substituents is 1. The first-order chi connectivity index (χ1) is 12.9. The molecule has 0 atom stereocenters. The Bertz CT molecular complexity index is 1050. The molecule has 10 heteroatoms. The van der Waals surface area contributed by atoms with Crippen molar-refractivity contribution in [3.05, 3.63) is 76.6 Å². The summed E-state index contributed by atoms with van der Waals surface area (Å²) in [5.74, 6) is 0.0170. The van der Waals surface area contributed by atoms with Crippen molar-refractivity contribution in [2.45, 2.75) is 11.4 Å². The van der Waals surface area contributed by atoms with Gasteiger partial charge in [-0.3, -0.25) is 19.5 Å². The first-order valence-corrected chi connectivity index (χ1v) is 9.29. The number of rotatable bonds is 7. The lowest BCUT2D eigenvalue weighted by Gasteiger charge is -2.12. The van der Waals surface area contributed by atoms with Crippen molar-refractivity contribution in [1.82, 2.24) is 9.78 Å². The van der Waals surface area contributed by atoms with Crippen molar-refractivity contribution < 1.29 is 18.1 Å². The number of sulfonamides is 1. The third-order valence-corrected chi connectivity index (χ3v) is 5.16. The zero-order valence-electron chi connectivity index (χ0n) is 14.3. The Labute approximate surface area is 155 Å². The molecule has 3 aromatic rings. The molecule has 0 bridgehead atoms. The van der Waals surface area contributed by atoms with E-state index in [1.165, 1.54) is 19.2 Å². The van der Waals surface area contributed by atoms with Crippen LogP contribution in [0.1, 0.15) is 5.56 Å². The number of nitrogens with one attached hydrogen (secondary N) is 1. The summed E-state index contributed by atoms with van der Waals surface area (Å²) in [6, 6.07) is 12.0. The largest absolute Gasteiger partial charge is 0.495 e. The fourth-order valence-corrected chi connectivity index (χ4v) is 3.71. The summed E-state index contributed by atoms with van der Waals surface area (Å²) in [5, 5.41) is 15.1. The smallest absolute Gasteiger partial charge is 0.271 e. The van der Waals surface area contributed by atoms with Crippen LogP contribution in [0, 0.1) is 10.1 Å². The second-order valence-corrected chi connectivity index (χ2v) is 7.25. The highest BCUT2D eigenvalue weighted by atomic mass is 32.2. The summed E-state index contributed by atoms with van der Waals surface area (Å²) in [4.78, 5) is 9.98. The highest BCUT2D eigenvalue weighted by molar-refractivity contribution is 7.92. The standard InChI is InChI=1S/C17H16N4O5S/c1-26-16-8-7-15(21(22)23)11-17(16)27(24,25)19-14-5-3-13(4-6-14)12-20-10-2-9-18-20/h2-11,19H,12H2,1H3. The molecular formula is C17H16N4O5S. The minimum Gasteiger partial charge on any atom is -0.495 e. The summed E-state index contributed by atoms with van der Waals surface area (Å²) < 4.78 is 34.5. The molecule has 0 aliphatic heterocycles. The molecule has 27 heavy (non-hydrogen) atoms. The predicted octanol–water partition coefficient (Wildman–Crippen LogP) is 2.65. The SMILES string of the molecule is COc1ccc([N+](=O)[O-])cc1S(=O)(=O)Nc1ccc(Cn2cccn2)cc1. The second-order valence-electron chi connectivity index (χ2n) is 5.60. The molecule has 2 aromatic carbocycles. The van der Waals surface area contributed by atoms with Gasteiger partial charge in [0.1, 0.15) is 10.6 Å². The Morgan fingerprint density at radius 2 is 1.96 bits per heavy atom. The van der Waals surface area contributed by atoms with E-state index in [1.807, 2.05) is 12.3 Å². The number of nitro benzene ring substituents is 1. The van der Waals surface area contributed by atoms with Gasteiger partial charge in [-0.1, -0.05) is 12.1 Å². The lowest BCUT2D eigenvalue weighted by atomic mass is 10.2. The molecule has 0 saturated carbocycles. The van der Waals surface area contributed by atoms with E-state index >= 15 is 0 Å². The number of benzene rings is 2. The van der Waals surface area contributed by atoms with E-state index in [0.717, 1.165) is 11.6 Å². The predicted molar refractivity (Wildman–Crippen MR) is 98.2 cm³/mol. The van der Waals surface area contributed by atoms with Gasteiger partial charge in [-0.25, -0.2) is 8.42 Å². The molecule has 0 spiro atoms. The van der Waals surface area contributed by atoms with Gasteiger partial charge < -0.3 is 4.74 Å². The van der Waals surface area contributed by atoms with E-state index in [4.69, 9.17) is 4.74 Å². The van der Waals surface area contributed by atoms with Gasteiger partial charge in [0.25, 0.3) is 15.7 Å². The normalized spacial score (nSPS) is 11.1. The summed E-state index contributed by atoms with van der Waals surface area (Å²) >= 11 is 0. The molecule has 0 aliphatic carbocycles. The molecule has 3 rings (SSSR count). The van der Waals surface area contributed by atoms with Crippen LogP contribution in [0.4, 0.5) is 11.4 Å². The molecule has 1 aromatic heterocycles. The Balaban J connectivity index is 1.84. The fourth-order valence-electron chi connectivity index (χ4n) is 2.46. The molecule has 0 unspecified atom stereocenters. The van der Waals surface area contributed by atoms with Crippen LogP contribution >= 0.6 is 0 Å².